The largest absolute Gasteiger partial charge is 0.0341 e. The number of rotatable bonds is 0. The zero-order valence-corrected chi connectivity index (χ0v) is 6.20. The van der Waals surface area contributed by atoms with Gasteiger partial charge in [0.15, 0.2) is 0 Å². The van der Waals surface area contributed by atoms with Gasteiger partial charge in [0.05, 0.1) is 0 Å². The molecule has 0 atom stereocenters. The van der Waals surface area contributed by atoms with Crippen LogP contribution in [0.25, 0.3) is 0 Å². The minimum atomic E-state index is 2.41. The van der Waals surface area contributed by atoms with Gasteiger partial charge in [0.1, 0.15) is 0 Å². The van der Waals surface area contributed by atoms with Crippen LogP contribution in [0, 0.1) is 0 Å². The Morgan fingerprint density at radius 3 is 0.750 bits per heavy atom. The van der Waals surface area contributed by atoms with Crippen molar-refractivity contribution in [1.29, 1.82) is 0 Å². The Kier molecular flexibility index (Phi) is 54.6. The second kappa shape index (κ2) is 24.0. The molecule has 0 N–H and O–H groups in total. The Morgan fingerprint density at radius 1 is 0.750 bits per heavy atom. The van der Waals surface area contributed by atoms with Crippen molar-refractivity contribution in [2.45, 2.75) is 0 Å². The van der Waals surface area contributed by atoms with E-state index in [0.29, 0.717) is 0 Å². The normalized spacial score (nSPS) is 3.00. The highest BCUT2D eigenvalue weighted by Crippen LogP contribution is 1.77. The Labute approximate surface area is 50.2 Å². The average Bonchev–Trinajstić information content (AvgIpc) is 1.50. The molecule has 0 aromatic rings. The molecule has 0 aromatic carbocycles. The second-order valence-electron chi connectivity index (χ2n) is 0. The first kappa shape index (κ1) is 9.11. The van der Waals surface area contributed by atoms with E-state index in [9.17, 15) is 0 Å². The fraction of sp³-hybridized carbons (Fsp3) is 0. The standard InChI is InChI=1S/2BrCl/c2*1-2. The molecule has 0 bridgehead atoms. The molecule has 4 heavy (non-hydrogen) atoms. The van der Waals surface area contributed by atoms with Gasteiger partial charge in [-0.25, -0.2) is 0 Å². The number of halogens is 4. The monoisotopic (exact) mass is 228 g/mol. The van der Waals surface area contributed by atoms with Crippen LogP contribution in [-0.2, 0) is 0 Å². The van der Waals surface area contributed by atoms with Crippen LogP contribution in [-0.4, -0.2) is 0 Å². The van der Waals surface area contributed by atoms with E-state index in [2.05, 4.69) is 50.3 Å². The predicted molar refractivity (Wildman–Crippen MR) is 29.6 cm³/mol. The maximum Gasteiger partial charge on any atom is 0.0341 e. The zero-order chi connectivity index (χ0) is 4.00. The third kappa shape index (κ3) is 9.63. The molecule has 0 rings (SSSR count). The molecule has 0 unspecified atom stereocenters. The molecule has 0 saturated carbocycles. The topological polar surface area (TPSA) is 0 Å². The molecule has 28 valence electrons. The molecule has 0 saturated heterocycles. The molecule has 0 aromatic heterocycles. The highest BCUT2D eigenvalue weighted by molar-refractivity contribution is 9.23. The molecule has 0 nitrogen and oxygen atoms in total. The molecular formula is Br2Cl2. The van der Waals surface area contributed by atoms with Crippen LogP contribution in [0.4, 0.5) is 0 Å². The lowest BCUT2D eigenvalue weighted by Crippen LogP contribution is -0.235. The zero-order valence-electron chi connectivity index (χ0n) is 1.51. The second-order valence-corrected chi connectivity index (χ2v) is 0. The summed E-state index contributed by atoms with van der Waals surface area (Å²) in [5.41, 5.74) is 0. The van der Waals surface area contributed by atoms with E-state index in [1.807, 2.05) is 0 Å². The predicted octanol–water partition coefficient (Wildman–Crippen LogP) is 3.07. The summed E-state index contributed by atoms with van der Waals surface area (Å²) in [6.45, 7) is 0. The number of hydrogen-bond acceptors (Lipinski definition) is 0. The van der Waals surface area contributed by atoms with E-state index in [0.717, 1.165) is 0 Å². The minimum Gasteiger partial charge on any atom is -0.0341 e. The summed E-state index contributed by atoms with van der Waals surface area (Å²) < 4.78 is 0. The fourth-order valence-corrected chi connectivity index (χ4v) is 0. The van der Waals surface area contributed by atoms with Crippen molar-refractivity contribution in [3.05, 3.63) is 0 Å². The minimum absolute atomic E-state index is 2.41. The molecular weight excluding hydrogens is 231 g/mol. The van der Waals surface area contributed by atoms with Gasteiger partial charge in [-0.15, -0.1) is 0 Å². The highest BCUT2D eigenvalue weighted by atomic mass is 79.9. The molecule has 0 aliphatic carbocycles. The van der Waals surface area contributed by atoms with Crippen molar-refractivity contribution in [3.63, 3.8) is 0 Å². The summed E-state index contributed by atoms with van der Waals surface area (Å²) in [6.07, 6.45) is 0. The van der Waals surface area contributed by atoms with Gasteiger partial charge in [0.25, 0.3) is 0 Å². The average molecular weight is 231 g/mol. The first-order valence-electron chi connectivity index (χ1n) is 0.286. The van der Waals surface area contributed by atoms with Gasteiger partial charge in [-0.05, 0) is 20.2 Å². The number of hydrogen-bond donors (Lipinski definition) is 0. The van der Waals surface area contributed by atoms with Crippen molar-refractivity contribution in [3.8, 4) is 0 Å². The smallest absolute Gasteiger partial charge is 0.0341 e. The van der Waals surface area contributed by atoms with Crippen LogP contribution in [0.1, 0.15) is 0 Å². The molecule has 0 aliphatic heterocycles. The summed E-state index contributed by atoms with van der Waals surface area (Å²) in [7, 11) is 8.90. The van der Waals surface area contributed by atoms with Crippen molar-refractivity contribution in [2.24, 2.45) is 0 Å². The van der Waals surface area contributed by atoms with E-state index in [1.54, 1.807) is 0 Å². The summed E-state index contributed by atoms with van der Waals surface area (Å²) in [4.78, 5) is 0. The van der Waals surface area contributed by atoms with Crippen LogP contribution in [0.5, 0.6) is 0 Å². The van der Waals surface area contributed by atoms with Gasteiger partial charge in [0, 0.05) is 30.0 Å². The summed E-state index contributed by atoms with van der Waals surface area (Å²) in [5.74, 6) is 0. The lowest BCUT2D eigenvalue weighted by atomic mass is 35.4. The first-order chi connectivity index (χ1) is 2.00. The van der Waals surface area contributed by atoms with E-state index in [1.165, 1.54) is 0 Å². The maximum absolute atomic E-state index is 4.45. The Balaban J connectivity index is 0. The Hall–Kier alpha value is 1.54. The summed E-state index contributed by atoms with van der Waals surface area (Å²) in [5, 5.41) is 0. The van der Waals surface area contributed by atoms with Gasteiger partial charge in [-0.2, -0.15) is 0 Å². The van der Waals surface area contributed by atoms with Gasteiger partial charge in [-0.1, -0.05) is 0 Å². The first-order valence-corrected chi connectivity index (χ1v) is 4.45. The van der Waals surface area contributed by atoms with Crippen LogP contribution in [0.3, 0.4) is 0 Å². The van der Waals surface area contributed by atoms with Crippen molar-refractivity contribution in [2.75, 3.05) is 0 Å². The van der Waals surface area contributed by atoms with Crippen LogP contribution < -0.4 is 0 Å². The third-order valence-electron chi connectivity index (χ3n) is 0. The fourth-order valence-electron chi connectivity index (χ4n) is 0. The summed E-state index contributed by atoms with van der Waals surface area (Å²) >= 11 is 4.82. The van der Waals surface area contributed by atoms with Gasteiger partial charge >= 0.3 is 0 Å². The van der Waals surface area contributed by atoms with E-state index >= 15 is 0 Å². The molecule has 0 heterocycles. The third-order valence-corrected chi connectivity index (χ3v) is 0. The van der Waals surface area contributed by atoms with Gasteiger partial charge in [0.2, 0.25) is 0 Å². The van der Waals surface area contributed by atoms with Crippen LogP contribution >= 0.6 is 50.3 Å². The lowest BCUT2D eigenvalue weighted by Gasteiger charge is -1.00. The molecule has 0 aliphatic rings. The summed E-state index contributed by atoms with van der Waals surface area (Å²) in [6, 6.07) is 0. The van der Waals surface area contributed by atoms with Gasteiger partial charge < -0.3 is 0 Å². The molecule has 0 radical (unpaired) electrons. The van der Waals surface area contributed by atoms with Crippen molar-refractivity contribution < 1.29 is 0 Å². The highest BCUT2D eigenvalue weighted by Gasteiger charge is 1.00. The molecule has 0 spiro atoms. The lowest BCUT2D eigenvalue weighted by molar-refractivity contribution is 5.56. The van der Waals surface area contributed by atoms with Crippen molar-refractivity contribution >= 4 is 50.3 Å². The van der Waals surface area contributed by atoms with Crippen LogP contribution in [0.2, 0.25) is 0 Å². The van der Waals surface area contributed by atoms with Crippen molar-refractivity contribution in [1.82, 2.24) is 0 Å². The van der Waals surface area contributed by atoms with E-state index in [4.69, 9.17) is 0 Å². The van der Waals surface area contributed by atoms with Gasteiger partial charge in [-0.3, -0.25) is 0 Å². The van der Waals surface area contributed by atoms with E-state index < -0.39 is 0 Å². The quantitative estimate of drug-likeness (QED) is 0.600. The molecule has 0 amide bonds. The Morgan fingerprint density at radius 2 is 0.750 bits per heavy atom. The van der Waals surface area contributed by atoms with Crippen LogP contribution in [0.15, 0.2) is 0 Å². The maximum atomic E-state index is 4.45. The van der Waals surface area contributed by atoms with E-state index in [-0.39, 0.29) is 0 Å². The molecule has 4 heteroatoms. The Bertz CT molecular complexity index is 4.00. The molecule has 0 fully saturated rings. The SMILES string of the molecule is ClBr.ClBr.